The Morgan fingerprint density at radius 2 is 2.04 bits per heavy atom. The number of aromatic nitrogens is 5. The molecule has 0 N–H and O–H groups in total. The van der Waals surface area contributed by atoms with Crippen molar-refractivity contribution >= 4 is 17.1 Å². The van der Waals surface area contributed by atoms with Crippen molar-refractivity contribution in [3.05, 3.63) is 46.0 Å². The van der Waals surface area contributed by atoms with Crippen molar-refractivity contribution in [2.75, 3.05) is 6.61 Å². The molecule has 0 aliphatic carbocycles. The highest BCUT2D eigenvalue weighted by Gasteiger charge is 2.21. The van der Waals surface area contributed by atoms with Crippen molar-refractivity contribution in [1.29, 1.82) is 0 Å². The van der Waals surface area contributed by atoms with E-state index in [4.69, 9.17) is 4.74 Å². The molecule has 8 heteroatoms. The lowest BCUT2D eigenvalue weighted by atomic mass is 10.1. The molecule has 0 aliphatic rings. The SMILES string of the molecule is CCOC(=O)C(C)n1cnc2c(nnn2-c2ccc(C)c(C)c2)c1=O. The largest absolute Gasteiger partial charge is 0.464 e. The molecule has 0 aliphatic heterocycles. The topological polar surface area (TPSA) is 91.9 Å². The first-order chi connectivity index (χ1) is 11.9. The lowest BCUT2D eigenvalue weighted by Crippen LogP contribution is -2.29. The molecule has 2 aromatic heterocycles. The molecule has 1 aromatic carbocycles. The van der Waals surface area contributed by atoms with Gasteiger partial charge in [0.2, 0.25) is 0 Å². The predicted molar refractivity (Wildman–Crippen MR) is 91.7 cm³/mol. The van der Waals surface area contributed by atoms with E-state index < -0.39 is 17.6 Å². The molecule has 3 aromatic rings. The molecule has 1 atom stereocenters. The molecule has 0 radical (unpaired) electrons. The van der Waals surface area contributed by atoms with Crippen molar-refractivity contribution in [3.63, 3.8) is 0 Å². The maximum absolute atomic E-state index is 12.6. The summed E-state index contributed by atoms with van der Waals surface area (Å²) in [6, 6.07) is 5.04. The Morgan fingerprint density at radius 3 is 2.72 bits per heavy atom. The van der Waals surface area contributed by atoms with Gasteiger partial charge >= 0.3 is 5.97 Å². The van der Waals surface area contributed by atoms with Crippen LogP contribution in [0, 0.1) is 13.8 Å². The number of carbonyl (C=O) groups is 1. The lowest BCUT2D eigenvalue weighted by molar-refractivity contribution is -0.146. The van der Waals surface area contributed by atoms with E-state index >= 15 is 0 Å². The maximum atomic E-state index is 12.6. The van der Waals surface area contributed by atoms with Gasteiger partial charge in [-0.05, 0) is 51.0 Å². The Morgan fingerprint density at radius 1 is 1.28 bits per heavy atom. The number of aryl methyl sites for hydroxylation is 2. The molecule has 130 valence electrons. The summed E-state index contributed by atoms with van der Waals surface area (Å²) in [7, 11) is 0. The normalized spacial score (nSPS) is 12.3. The van der Waals surface area contributed by atoms with E-state index in [0.717, 1.165) is 16.8 Å². The van der Waals surface area contributed by atoms with Gasteiger partial charge in [0.25, 0.3) is 5.56 Å². The van der Waals surface area contributed by atoms with Gasteiger partial charge in [0.1, 0.15) is 12.4 Å². The molecule has 0 bridgehead atoms. The van der Waals surface area contributed by atoms with Gasteiger partial charge in [0, 0.05) is 0 Å². The number of hydrogen-bond donors (Lipinski definition) is 0. The minimum absolute atomic E-state index is 0.108. The van der Waals surface area contributed by atoms with Crippen molar-refractivity contribution in [2.45, 2.75) is 33.7 Å². The van der Waals surface area contributed by atoms with E-state index in [2.05, 4.69) is 15.3 Å². The van der Waals surface area contributed by atoms with Gasteiger partial charge in [-0.1, -0.05) is 11.3 Å². The van der Waals surface area contributed by atoms with E-state index in [1.54, 1.807) is 13.8 Å². The number of nitrogens with zero attached hydrogens (tertiary/aromatic N) is 5. The van der Waals surface area contributed by atoms with Gasteiger partial charge in [-0.2, -0.15) is 4.68 Å². The summed E-state index contributed by atoms with van der Waals surface area (Å²) in [5.41, 5.74) is 3.06. The third kappa shape index (κ3) is 2.90. The molecule has 0 fully saturated rings. The number of benzene rings is 1. The minimum Gasteiger partial charge on any atom is -0.464 e. The van der Waals surface area contributed by atoms with Crippen molar-refractivity contribution in [2.24, 2.45) is 0 Å². The summed E-state index contributed by atoms with van der Waals surface area (Å²) in [5, 5.41) is 8.01. The molecule has 25 heavy (non-hydrogen) atoms. The number of hydrogen-bond acceptors (Lipinski definition) is 6. The third-order valence-electron chi connectivity index (χ3n) is 4.17. The zero-order chi connectivity index (χ0) is 18.1. The summed E-state index contributed by atoms with van der Waals surface area (Å²) in [4.78, 5) is 28.8. The summed E-state index contributed by atoms with van der Waals surface area (Å²) >= 11 is 0. The van der Waals surface area contributed by atoms with Gasteiger partial charge in [-0.15, -0.1) is 5.10 Å². The van der Waals surface area contributed by atoms with Crippen molar-refractivity contribution < 1.29 is 9.53 Å². The number of fused-ring (bicyclic) bond motifs is 1. The number of rotatable bonds is 4. The van der Waals surface area contributed by atoms with Crippen LogP contribution in [0.2, 0.25) is 0 Å². The highest BCUT2D eigenvalue weighted by molar-refractivity contribution is 5.75. The van der Waals surface area contributed by atoms with Gasteiger partial charge in [-0.25, -0.2) is 9.78 Å². The van der Waals surface area contributed by atoms with E-state index in [9.17, 15) is 9.59 Å². The molecule has 1 unspecified atom stereocenters. The molecule has 0 saturated heterocycles. The number of ether oxygens (including phenoxy) is 1. The van der Waals surface area contributed by atoms with Crippen LogP contribution in [0.4, 0.5) is 0 Å². The third-order valence-corrected chi connectivity index (χ3v) is 4.17. The average Bonchev–Trinajstić information content (AvgIpc) is 3.02. The highest BCUT2D eigenvalue weighted by atomic mass is 16.5. The van der Waals surface area contributed by atoms with E-state index in [1.165, 1.54) is 15.6 Å². The first kappa shape index (κ1) is 16.8. The fraction of sp³-hybridized carbons (Fsp3) is 0.353. The molecule has 0 saturated carbocycles. The smallest absolute Gasteiger partial charge is 0.328 e. The quantitative estimate of drug-likeness (QED) is 0.671. The first-order valence-electron chi connectivity index (χ1n) is 8.00. The molecule has 0 spiro atoms. The Balaban J connectivity index is 2.09. The van der Waals surface area contributed by atoms with Crippen LogP contribution >= 0.6 is 0 Å². The fourth-order valence-electron chi connectivity index (χ4n) is 2.51. The second kappa shape index (κ2) is 6.46. The van der Waals surface area contributed by atoms with Gasteiger partial charge in [0.05, 0.1) is 12.3 Å². The molecule has 2 heterocycles. The van der Waals surface area contributed by atoms with Crippen LogP contribution in [-0.2, 0) is 9.53 Å². The van der Waals surface area contributed by atoms with E-state index in [-0.39, 0.29) is 12.1 Å². The second-order valence-electron chi connectivity index (χ2n) is 5.83. The van der Waals surface area contributed by atoms with Gasteiger partial charge in [0.15, 0.2) is 11.2 Å². The van der Waals surface area contributed by atoms with Crippen LogP contribution in [0.1, 0.15) is 31.0 Å². The monoisotopic (exact) mass is 341 g/mol. The van der Waals surface area contributed by atoms with Crippen LogP contribution in [0.5, 0.6) is 0 Å². The van der Waals surface area contributed by atoms with Gasteiger partial charge < -0.3 is 4.74 Å². The zero-order valence-electron chi connectivity index (χ0n) is 14.6. The van der Waals surface area contributed by atoms with Crippen molar-refractivity contribution in [3.8, 4) is 5.69 Å². The zero-order valence-corrected chi connectivity index (χ0v) is 14.6. The average molecular weight is 341 g/mol. The summed E-state index contributed by atoms with van der Waals surface area (Å²) in [5.74, 6) is -0.493. The molecule has 8 nitrogen and oxygen atoms in total. The molecular weight excluding hydrogens is 322 g/mol. The fourth-order valence-corrected chi connectivity index (χ4v) is 2.51. The summed E-state index contributed by atoms with van der Waals surface area (Å²) in [6.07, 6.45) is 1.33. The van der Waals surface area contributed by atoms with E-state index in [0.29, 0.717) is 5.65 Å². The Kier molecular flexibility index (Phi) is 4.35. The predicted octanol–water partition coefficient (Wildman–Crippen LogP) is 1.72. The molecule has 0 amide bonds. The highest BCUT2D eigenvalue weighted by Crippen LogP contribution is 2.16. The maximum Gasteiger partial charge on any atom is 0.328 e. The number of esters is 1. The summed E-state index contributed by atoms with van der Waals surface area (Å²) < 4.78 is 7.68. The van der Waals surface area contributed by atoms with Crippen LogP contribution < -0.4 is 5.56 Å². The minimum atomic E-state index is -0.781. The molecule has 3 rings (SSSR count). The summed E-state index contributed by atoms with van der Waals surface area (Å²) in [6.45, 7) is 7.56. The van der Waals surface area contributed by atoms with Crippen LogP contribution in [0.15, 0.2) is 29.3 Å². The van der Waals surface area contributed by atoms with Gasteiger partial charge in [-0.3, -0.25) is 9.36 Å². The standard InChI is InChI=1S/C17H19N5O3/c1-5-25-17(24)12(4)21-9-18-15-14(16(21)23)19-20-22(15)13-7-6-10(2)11(3)8-13/h6-9,12H,5H2,1-4H3. The second-order valence-corrected chi connectivity index (χ2v) is 5.83. The Labute approximate surface area is 144 Å². The number of carbonyl (C=O) groups excluding carboxylic acids is 1. The Hall–Kier alpha value is -3.03. The van der Waals surface area contributed by atoms with Crippen LogP contribution in [0.3, 0.4) is 0 Å². The lowest BCUT2D eigenvalue weighted by Gasteiger charge is -2.12. The molecular formula is C17H19N5O3. The van der Waals surface area contributed by atoms with Crippen molar-refractivity contribution in [1.82, 2.24) is 24.5 Å². The Bertz CT molecular complexity index is 1010. The van der Waals surface area contributed by atoms with Crippen LogP contribution in [-0.4, -0.2) is 37.1 Å². The first-order valence-corrected chi connectivity index (χ1v) is 8.00. The van der Waals surface area contributed by atoms with Crippen LogP contribution in [0.25, 0.3) is 16.9 Å². The van der Waals surface area contributed by atoms with E-state index in [1.807, 2.05) is 32.0 Å².